The van der Waals surface area contributed by atoms with Crippen molar-refractivity contribution in [1.29, 1.82) is 0 Å². The van der Waals surface area contributed by atoms with Crippen LogP contribution in [-0.4, -0.2) is 181 Å². The van der Waals surface area contributed by atoms with Gasteiger partial charge in [-0.05, 0) is 93.9 Å². The molecule has 1 rings (SSSR count). The number of rotatable bonds is 39. The summed E-state index contributed by atoms with van der Waals surface area (Å²) in [6.45, 7) is 10.7. The molecule has 0 fully saturated rings. The fourth-order valence-electron chi connectivity index (χ4n) is 7.92. The highest BCUT2D eigenvalue weighted by molar-refractivity contribution is 5.99. The number of phenols is 1. The number of aliphatic hydroxyl groups excluding tert-OH is 1. The number of aromatic hydroxyl groups is 1. The van der Waals surface area contributed by atoms with Crippen molar-refractivity contribution >= 4 is 77.0 Å². The molecule has 0 spiro atoms. The lowest BCUT2D eigenvalue weighted by Gasteiger charge is -2.28. The van der Waals surface area contributed by atoms with Gasteiger partial charge in [-0.15, -0.1) is 0 Å². The Bertz CT molecular complexity index is 2370. The van der Waals surface area contributed by atoms with Crippen molar-refractivity contribution in [1.82, 2.24) is 47.9 Å². The van der Waals surface area contributed by atoms with Crippen molar-refractivity contribution < 1.29 is 93.0 Å². The van der Waals surface area contributed by atoms with Gasteiger partial charge in [0, 0.05) is 12.8 Å². The number of phenolic OH excluding ortho intramolecular Hbond substituents is 1. The molecule has 1 aromatic carbocycles. The molecule has 0 saturated carbocycles. The molecule has 0 saturated heterocycles. The van der Waals surface area contributed by atoms with Crippen molar-refractivity contribution in [2.75, 3.05) is 13.2 Å². The Morgan fingerprint density at radius 3 is 1.17 bits per heavy atom. The quantitative estimate of drug-likeness (QED) is 0.0289. The summed E-state index contributed by atoms with van der Waals surface area (Å²) in [7, 11) is 0. The maximum Gasteiger partial charge on any atom is 0.326 e. The number of hydrogen-bond donors (Lipinski definition) is 17. The van der Waals surface area contributed by atoms with E-state index >= 15 is 0 Å². The van der Waals surface area contributed by atoms with Crippen molar-refractivity contribution in [3.05, 3.63) is 29.8 Å². The van der Waals surface area contributed by atoms with Crippen LogP contribution in [0.5, 0.6) is 5.75 Å². The third kappa shape index (κ3) is 27.9. The number of nitrogens with one attached hydrogen (secondary N) is 9. The van der Waals surface area contributed by atoms with E-state index in [9.17, 15) is 93.0 Å². The first-order valence-corrected chi connectivity index (χ1v) is 26.7. The third-order valence-electron chi connectivity index (χ3n) is 12.1. The number of aliphatic hydroxyl groups is 1. The highest BCUT2D eigenvalue weighted by Gasteiger charge is 2.37. The monoisotopic (exact) mass is 1170 g/mol. The summed E-state index contributed by atoms with van der Waals surface area (Å²) in [5.41, 5.74) is 11.6. The highest BCUT2D eigenvalue weighted by atomic mass is 16.4. The lowest BCUT2D eigenvalue weighted by molar-refractivity contribution is -0.144. The molecule has 0 radical (unpaired) electrons. The van der Waals surface area contributed by atoms with Crippen LogP contribution < -0.4 is 59.3 Å². The molecule has 10 atom stereocenters. The van der Waals surface area contributed by atoms with Crippen LogP contribution in [0, 0.1) is 17.8 Å². The molecule has 0 unspecified atom stereocenters. The maximum atomic E-state index is 14.3. The summed E-state index contributed by atoms with van der Waals surface area (Å²) in [4.78, 5) is 171. The first-order chi connectivity index (χ1) is 38.3. The predicted octanol–water partition coefficient (Wildman–Crippen LogP) is -3.20. The first kappa shape index (κ1) is 72.0. The number of hydrogen-bond acceptors (Lipinski definition) is 17. The van der Waals surface area contributed by atoms with Gasteiger partial charge in [0.1, 0.15) is 60.1 Å². The average molecular weight is 1170 g/mol. The van der Waals surface area contributed by atoms with Gasteiger partial charge in [0.25, 0.3) is 0 Å². The molecule has 30 nitrogen and oxygen atoms in total. The molecule has 30 heteroatoms. The van der Waals surface area contributed by atoms with Crippen molar-refractivity contribution in [3.8, 4) is 5.75 Å². The zero-order valence-corrected chi connectivity index (χ0v) is 47.2. The van der Waals surface area contributed by atoms with Crippen LogP contribution in [0.3, 0.4) is 0 Å². The fraction of sp³-hybridized carbons (Fsp3) is 0.635. The molecular weight excluding hydrogens is 1080 g/mol. The summed E-state index contributed by atoms with van der Waals surface area (Å²) in [6, 6.07) is -10.6. The van der Waals surface area contributed by atoms with E-state index in [0.29, 0.717) is 5.56 Å². The first-order valence-electron chi connectivity index (χ1n) is 26.7. The molecule has 0 aliphatic heterocycles. The van der Waals surface area contributed by atoms with Crippen molar-refractivity contribution in [2.24, 2.45) is 29.2 Å². The lowest BCUT2D eigenvalue weighted by Crippen LogP contribution is -2.61. The lowest BCUT2D eigenvalue weighted by atomic mass is 10.00. The van der Waals surface area contributed by atoms with Gasteiger partial charge in [-0.3, -0.25) is 57.5 Å². The Kier molecular flexibility index (Phi) is 32.0. The van der Waals surface area contributed by atoms with E-state index < -0.39 is 176 Å². The number of carbonyl (C=O) groups excluding carboxylic acids is 9. The Hall–Kier alpha value is -7.99. The minimum atomic E-state index is -2.07. The third-order valence-corrected chi connectivity index (χ3v) is 12.1. The number of aliphatic carboxylic acids is 4. The molecule has 460 valence electrons. The summed E-state index contributed by atoms with van der Waals surface area (Å²) in [5, 5.41) is 79.8. The predicted molar refractivity (Wildman–Crippen MR) is 290 cm³/mol. The normalized spacial score (nSPS) is 14.8. The molecular formula is C52H83N11O19. The molecule has 0 heterocycles. The van der Waals surface area contributed by atoms with Crippen LogP contribution in [0.1, 0.15) is 118 Å². The van der Waals surface area contributed by atoms with Crippen molar-refractivity contribution in [3.63, 3.8) is 0 Å². The van der Waals surface area contributed by atoms with E-state index in [1.807, 2.05) is 0 Å². The molecule has 82 heavy (non-hydrogen) atoms. The topological polar surface area (TPSA) is 504 Å². The Morgan fingerprint density at radius 1 is 0.427 bits per heavy atom. The van der Waals surface area contributed by atoms with Gasteiger partial charge in [0.2, 0.25) is 53.2 Å². The number of benzene rings is 1. The van der Waals surface area contributed by atoms with Crippen LogP contribution in [0.25, 0.3) is 0 Å². The standard InChI is InChI=1S/C52H83N11O19/c1-25(2)18-33(57-43(72)28(7)54)47(76)63-39(24-64)51(80)59-35(21-29-11-13-30(65)14-12-29)48(77)58-34(19-26(3)4)46(75)56-32(15-16-40(66)67)45(74)61-36(22-41(68)69)49(78)55-31(10-8-9-17-53)44(73)60-37(23-42(70)71)50(79)62-38(52(81)82)20-27(5)6/h11-14,25-28,31-39,64-65H,8-10,15-24,53-54H2,1-7H3,(H,55,78)(H,56,75)(H,57,72)(H,58,77)(H,59,80)(H,60,73)(H,61,74)(H,62,79)(H,63,76)(H,66,67)(H,68,69)(H,70,71)(H,81,82)/t28-,31-,32-,33-,34-,35-,36-,37-,38-,39-/m0/s1. The minimum Gasteiger partial charge on any atom is -0.508 e. The van der Waals surface area contributed by atoms with Gasteiger partial charge in [0.05, 0.1) is 25.5 Å². The summed E-state index contributed by atoms with van der Waals surface area (Å²) in [5.74, 6) is -16.9. The Morgan fingerprint density at radius 2 is 0.768 bits per heavy atom. The number of unbranched alkanes of at least 4 members (excludes halogenated alkanes) is 1. The zero-order chi connectivity index (χ0) is 62.6. The maximum absolute atomic E-state index is 14.3. The average Bonchev–Trinajstić information content (AvgIpc) is 3.37. The van der Waals surface area contributed by atoms with E-state index in [1.54, 1.807) is 41.5 Å². The second-order valence-electron chi connectivity index (χ2n) is 21.0. The van der Waals surface area contributed by atoms with Gasteiger partial charge in [-0.25, -0.2) is 4.79 Å². The van der Waals surface area contributed by atoms with Gasteiger partial charge in [-0.2, -0.15) is 0 Å². The summed E-state index contributed by atoms with van der Waals surface area (Å²) < 4.78 is 0. The van der Waals surface area contributed by atoms with Gasteiger partial charge < -0.3 is 90.0 Å². The molecule has 0 bridgehead atoms. The molecule has 0 aromatic heterocycles. The number of nitrogens with two attached hydrogens (primary N) is 2. The second kappa shape index (κ2) is 36.4. The van der Waals surface area contributed by atoms with Gasteiger partial charge >= 0.3 is 23.9 Å². The zero-order valence-electron chi connectivity index (χ0n) is 47.2. The Labute approximate surface area is 474 Å². The van der Waals surface area contributed by atoms with Gasteiger partial charge in [0.15, 0.2) is 0 Å². The number of amides is 9. The molecule has 0 aliphatic carbocycles. The fourth-order valence-corrected chi connectivity index (χ4v) is 7.92. The van der Waals surface area contributed by atoms with Crippen LogP contribution >= 0.6 is 0 Å². The molecule has 1 aromatic rings. The van der Waals surface area contributed by atoms with Crippen molar-refractivity contribution in [2.45, 2.75) is 180 Å². The number of carboxylic acid groups (broad SMARTS) is 4. The summed E-state index contributed by atoms with van der Waals surface area (Å²) in [6.07, 6.45) is -4.02. The second-order valence-corrected chi connectivity index (χ2v) is 21.0. The van der Waals surface area contributed by atoms with Crippen LogP contribution in [0.15, 0.2) is 24.3 Å². The van der Waals surface area contributed by atoms with E-state index in [2.05, 4.69) is 47.9 Å². The number of carboxylic acids is 4. The van der Waals surface area contributed by atoms with E-state index in [4.69, 9.17) is 11.5 Å². The van der Waals surface area contributed by atoms with Crippen LogP contribution in [0.4, 0.5) is 0 Å². The van der Waals surface area contributed by atoms with E-state index in [1.165, 1.54) is 31.2 Å². The SMILES string of the molecule is CC(C)C[C@H](NC(=O)[C@H](CC(=O)O)NC(=O)[C@H](CCCCN)NC(=O)[C@H](CC(=O)O)NC(=O)[C@H](CCC(=O)O)NC(=O)[C@H](CC(C)C)NC(=O)[C@H](Cc1ccc(O)cc1)NC(=O)[C@H](CO)NC(=O)[C@H](CC(C)C)NC(=O)[C@H](C)N)C(=O)O. The summed E-state index contributed by atoms with van der Waals surface area (Å²) >= 11 is 0. The molecule has 19 N–H and O–H groups in total. The highest BCUT2D eigenvalue weighted by Crippen LogP contribution is 2.15. The van der Waals surface area contributed by atoms with Gasteiger partial charge in [-0.1, -0.05) is 53.7 Å². The smallest absolute Gasteiger partial charge is 0.326 e. The number of carbonyl (C=O) groups is 13. The van der Waals surface area contributed by atoms with E-state index in [-0.39, 0.29) is 69.1 Å². The van der Waals surface area contributed by atoms with E-state index in [0.717, 1.165) is 0 Å². The minimum absolute atomic E-state index is 0.0672. The van der Waals surface area contributed by atoms with Crippen LogP contribution in [-0.2, 0) is 68.7 Å². The Balaban J connectivity index is 3.64. The largest absolute Gasteiger partial charge is 0.508 e. The molecule has 9 amide bonds. The van der Waals surface area contributed by atoms with Crippen LogP contribution in [0.2, 0.25) is 0 Å². The molecule has 0 aliphatic rings.